The maximum atomic E-state index is 12.8. The molecule has 0 saturated carbocycles. The fourth-order valence-electron chi connectivity index (χ4n) is 4.72. The van der Waals surface area contributed by atoms with Crippen LogP contribution >= 0.6 is 11.8 Å². The Labute approximate surface area is 210 Å². The van der Waals surface area contributed by atoms with Crippen molar-refractivity contribution in [3.63, 3.8) is 0 Å². The van der Waals surface area contributed by atoms with Crippen molar-refractivity contribution in [1.82, 2.24) is 24.6 Å². The predicted molar refractivity (Wildman–Crippen MR) is 140 cm³/mol. The molecule has 0 radical (unpaired) electrons. The summed E-state index contributed by atoms with van der Waals surface area (Å²) < 4.78 is 4.26. The lowest BCUT2D eigenvalue weighted by Crippen LogP contribution is -2.25. The fraction of sp³-hybridized carbons (Fsp3) is 0.321. The maximum absolute atomic E-state index is 12.8. The molecule has 0 saturated heterocycles. The Hall–Kier alpha value is -3.32. The van der Waals surface area contributed by atoms with E-state index in [1.807, 2.05) is 48.0 Å². The zero-order valence-corrected chi connectivity index (χ0v) is 21.1. The molecule has 1 N–H and O–H groups in total. The normalized spacial score (nSPS) is 13.0. The van der Waals surface area contributed by atoms with Gasteiger partial charge < -0.3 is 5.32 Å². The summed E-state index contributed by atoms with van der Waals surface area (Å²) in [7, 11) is 0. The van der Waals surface area contributed by atoms with Crippen LogP contribution in [0.3, 0.4) is 0 Å². The van der Waals surface area contributed by atoms with Crippen LogP contribution in [0, 0.1) is 13.8 Å². The largest absolute Gasteiger partial charge is 0.351 e. The van der Waals surface area contributed by atoms with Gasteiger partial charge >= 0.3 is 0 Å². The highest BCUT2D eigenvalue weighted by Crippen LogP contribution is 2.30. The Bertz CT molecular complexity index is 1310. The summed E-state index contributed by atoms with van der Waals surface area (Å²) >= 11 is 1.51. The molecule has 0 atom stereocenters. The van der Waals surface area contributed by atoms with Crippen LogP contribution < -0.4 is 5.32 Å². The molecule has 35 heavy (non-hydrogen) atoms. The molecule has 1 aliphatic carbocycles. The van der Waals surface area contributed by atoms with Gasteiger partial charge in [0.2, 0.25) is 5.91 Å². The molecule has 2 aromatic carbocycles. The lowest BCUT2D eigenvalue weighted by molar-refractivity contribution is -0.118. The van der Waals surface area contributed by atoms with Crippen LogP contribution in [0.4, 0.5) is 0 Å². The van der Waals surface area contributed by atoms with Crippen LogP contribution in [-0.2, 0) is 30.7 Å². The van der Waals surface area contributed by atoms with Crippen molar-refractivity contribution in [3.8, 4) is 5.69 Å². The first-order valence-electron chi connectivity index (χ1n) is 12.2. The van der Waals surface area contributed by atoms with Crippen LogP contribution in [0.2, 0.25) is 0 Å². The zero-order valence-electron chi connectivity index (χ0n) is 20.3. The van der Waals surface area contributed by atoms with E-state index in [1.54, 1.807) is 0 Å². The molecular weight excluding hydrogens is 454 g/mol. The van der Waals surface area contributed by atoms with Crippen LogP contribution in [-0.4, -0.2) is 31.0 Å². The monoisotopic (exact) mass is 485 g/mol. The number of nitrogens with zero attached hydrogens (tertiary/aromatic N) is 4. The van der Waals surface area contributed by atoms with Crippen LogP contribution in [0.5, 0.6) is 0 Å². The third-order valence-electron chi connectivity index (χ3n) is 6.62. The van der Waals surface area contributed by atoms with E-state index >= 15 is 0 Å². The van der Waals surface area contributed by atoms with E-state index in [1.165, 1.54) is 41.6 Å². The Morgan fingerprint density at radius 3 is 2.49 bits per heavy atom. The number of amides is 1. The number of nitrogens with one attached hydrogen (secondary N) is 1. The number of para-hydroxylation sites is 1. The zero-order chi connectivity index (χ0) is 24.2. The number of hydrogen-bond acceptors (Lipinski definition) is 4. The molecular formula is C28H31N5OS. The smallest absolute Gasteiger partial charge is 0.230 e. The van der Waals surface area contributed by atoms with Gasteiger partial charge in [0.15, 0.2) is 5.16 Å². The average molecular weight is 486 g/mol. The number of carbonyl (C=O) groups is 1. The molecule has 4 aromatic rings. The first kappa shape index (κ1) is 23.4. The van der Waals surface area contributed by atoms with Gasteiger partial charge in [-0.2, -0.15) is 5.10 Å². The van der Waals surface area contributed by atoms with Crippen molar-refractivity contribution in [2.24, 2.45) is 0 Å². The molecule has 7 heteroatoms. The average Bonchev–Trinajstić information content (AvgIpc) is 3.38. The molecule has 5 rings (SSSR count). The first-order valence-corrected chi connectivity index (χ1v) is 13.2. The van der Waals surface area contributed by atoms with Gasteiger partial charge in [-0.3, -0.25) is 14.0 Å². The number of fused-ring (bicyclic) bond motifs is 1. The van der Waals surface area contributed by atoms with Gasteiger partial charge in [0.1, 0.15) is 0 Å². The van der Waals surface area contributed by atoms with Crippen molar-refractivity contribution in [3.05, 3.63) is 94.6 Å². The molecule has 2 aromatic heterocycles. The van der Waals surface area contributed by atoms with Crippen molar-refractivity contribution in [1.29, 1.82) is 0 Å². The number of hydrogen-bond donors (Lipinski definition) is 1. The second-order valence-electron chi connectivity index (χ2n) is 9.02. The highest BCUT2D eigenvalue weighted by molar-refractivity contribution is 7.99. The van der Waals surface area contributed by atoms with Crippen LogP contribution in [0.25, 0.3) is 5.69 Å². The van der Waals surface area contributed by atoms with Gasteiger partial charge in [0.05, 0.1) is 23.7 Å². The summed E-state index contributed by atoms with van der Waals surface area (Å²) in [6, 6.07) is 20.7. The lowest BCUT2D eigenvalue weighted by Gasteiger charge is -2.15. The minimum Gasteiger partial charge on any atom is -0.351 e. The molecule has 2 heterocycles. The Morgan fingerprint density at radius 2 is 1.71 bits per heavy atom. The van der Waals surface area contributed by atoms with E-state index in [4.69, 9.17) is 10.1 Å². The number of benzene rings is 2. The van der Waals surface area contributed by atoms with E-state index in [0.717, 1.165) is 47.2 Å². The number of carbonyl (C=O) groups excluding carboxylic acids is 1. The summed E-state index contributed by atoms with van der Waals surface area (Å²) in [6.07, 6.45) is 4.42. The van der Waals surface area contributed by atoms with Gasteiger partial charge in [-0.15, -0.1) is 0 Å². The standard InChI is InChI=1S/C28H31N5OS/c1-20-24(21(2)32(31-20)18-22-11-5-3-6-12-22)17-29-27(34)19-35-28-30-25-15-9-10-16-26(25)33(28)23-13-7-4-8-14-23/h3-8,11-14H,9-10,15-19H2,1-2H3,(H,29,34). The van der Waals surface area contributed by atoms with E-state index in [0.29, 0.717) is 12.3 Å². The van der Waals surface area contributed by atoms with Gasteiger partial charge in [-0.05, 0) is 57.2 Å². The molecule has 0 aliphatic heterocycles. The second kappa shape index (κ2) is 10.5. The van der Waals surface area contributed by atoms with E-state index in [-0.39, 0.29) is 5.91 Å². The van der Waals surface area contributed by atoms with E-state index in [2.05, 4.69) is 41.1 Å². The van der Waals surface area contributed by atoms with E-state index in [9.17, 15) is 4.79 Å². The molecule has 1 aliphatic rings. The Balaban J connectivity index is 1.24. The molecule has 6 nitrogen and oxygen atoms in total. The molecule has 0 unspecified atom stereocenters. The third kappa shape index (κ3) is 5.20. The summed E-state index contributed by atoms with van der Waals surface area (Å²) in [5.74, 6) is 0.337. The number of rotatable bonds is 8. The van der Waals surface area contributed by atoms with Crippen LogP contribution in [0.15, 0.2) is 65.8 Å². The number of thioether (sulfide) groups is 1. The predicted octanol–water partition coefficient (Wildman–Crippen LogP) is 5.02. The van der Waals surface area contributed by atoms with Gasteiger partial charge in [-0.25, -0.2) is 4.98 Å². The van der Waals surface area contributed by atoms with Crippen LogP contribution in [0.1, 0.15) is 46.7 Å². The summed E-state index contributed by atoms with van der Waals surface area (Å²) in [5.41, 5.74) is 7.93. The SMILES string of the molecule is Cc1nn(Cc2ccccc2)c(C)c1CNC(=O)CSc1nc2c(n1-c1ccccc1)CCCC2. The quantitative estimate of drug-likeness (QED) is 0.356. The summed E-state index contributed by atoms with van der Waals surface area (Å²) in [4.78, 5) is 17.7. The number of aromatic nitrogens is 4. The molecule has 0 spiro atoms. The van der Waals surface area contributed by atoms with Crippen molar-refractivity contribution >= 4 is 17.7 Å². The number of aryl methyl sites for hydroxylation is 2. The highest BCUT2D eigenvalue weighted by Gasteiger charge is 2.22. The highest BCUT2D eigenvalue weighted by atomic mass is 32.2. The van der Waals surface area contributed by atoms with Gasteiger partial charge in [0.25, 0.3) is 0 Å². The third-order valence-corrected chi connectivity index (χ3v) is 7.56. The van der Waals surface area contributed by atoms with Crippen molar-refractivity contribution in [2.75, 3.05) is 5.75 Å². The van der Waals surface area contributed by atoms with Gasteiger partial charge in [-0.1, -0.05) is 60.3 Å². The molecule has 0 bridgehead atoms. The van der Waals surface area contributed by atoms with Crippen molar-refractivity contribution < 1.29 is 4.79 Å². The number of imidazole rings is 1. The summed E-state index contributed by atoms with van der Waals surface area (Å²) in [6.45, 7) is 5.28. The minimum absolute atomic E-state index is 0.00481. The Morgan fingerprint density at radius 1 is 1.00 bits per heavy atom. The lowest BCUT2D eigenvalue weighted by atomic mass is 10.0. The first-order chi connectivity index (χ1) is 17.1. The molecule has 1 amide bonds. The molecule has 0 fully saturated rings. The maximum Gasteiger partial charge on any atom is 0.230 e. The minimum atomic E-state index is 0.00481. The van der Waals surface area contributed by atoms with Crippen molar-refractivity contribution in [2.45, 2.75) is 57.8 Å². The summed E-state index contributed by atoms with van der Waals surface area (Å²) in [5, 5.41) is 8.71. The Kier molecular flexibility index (Phi) is 7.04. The van der Waals surface area contributed by atoms with Gasteiger partial charge in [0, 0.05) is 29.2 Å². The molecule has 180 valence electrons. The fourth-order valence-corrected chi connectivity index (χ4v) is 5.61. The topological polar surface area (TPSA) is 64.7 Å². The van der Waals surface area contributed by atoms with E-state index < -0.39 is 0 Å². The second-order valence-corrected chi connectivity index (χ2v) is 9.97.